The zero-order valence-corrected chi connectivity index (χ0v) is 19.3. The van der Waals surface area contributed by atoms with Crippen LogP contribution in [0.4, 0.5) is 11.5 Å². The lowest BCUT2D eigenvalue weighted by Crippen LogP contribution is -2.16. The summed E-state index contributed by atoms with van der Waals surface area (Å²) in [6, 6.07) is 12.9. The van der Waals surface area contributed by atoms with E-state index in [1.54, 1.807) is 18.2 Å². The molecule has 2 N–H and O–H groups in total. The van der Waals surface area contributed by atoms with Crippen LogP contribution in [0.25, 0.3) is 0 Å². The Morgan fingerprint density at radius 1 is 1.09 bits per heavy atom. The average Bonchev–Trinajstić information content (AvgIpc) is 2.77. The van der Waals surface area contributed by atoms with Crippen molar-refractivity contribution in [2.24, 2.45) is 0 Å². The van der Waals surface area contributed by atoms with Crippen molar-refractivity contribution in [2.45, 2.75) is 30.7 Å². The first-order valence-electron chi connectivity index (χ1n) is 9.55. The largest absolute Gasteiger partial charge is 0.325 e. The van der Waals surface area contributed by atoms with E-state index >= 15 is 0 Å². The van der Waals surface area contributed by atoms with Gasteiger partial charge in [-0.25, -0.2) is 18.4 Å². The van der Waals surface area contributed by atoms with Crippen LogP contribution >= 0.6 is 11.8 Å². The third-order valence-corrected chi connectivity index (χ3v) is 7.11. The lowest BCUT2D eigenvalue weighted by atomic mass is 10.1. The van der Waals surface area contributed by atoms with Gasteiger partial charge in [-0.05, 0) is 68.3 Å². The zero-order valence-electron chi connectivity index (χ0n) is 17.7. The molecule has 0 aliphatic heterocycles. The van der Waals surface area contributed by atoms with Gasteiger partial charge < -0.3 is 5.32 Å². The molecule has 0 saturated heterocycles. The maximum atomic E-state index is 12.5. The molecule has 0 spiro atoms. The van der Waals surface area contributed by atoms with Crippen molar-refractivity contribution < 1.29 is 13.2 Å². The highest BCUT2D eigenvalue weighted by atomic mass is 32.2. The first-order chi connectivity index (χ1) is 15.2. The van der Waals surface area contributed by atoms with E-state index in [4.69, 9.17) is 0 Å². The molecule has 0 aliphatic rings. The zero-order chi connectivity index (χ0) is 23.3. The number of carbonyl (C=O) groups is 1. The molecular weight excluding hydrogens is 446 g/mol. The Morgan fingerprint density at radius 2 is 1.81 bits per heavy atom. The molecule has 0 fully saturated rings. The monoisotopic (exact) mass is 467 g/mol. The summed E-state index contributed by atoms with van der Waals surface area (Å²) in [4.78, 5) is 20.8. The van der Waals surface area contributed by atoms with E-state index in [9.17, 15) is 18.5 Å². The number of aromatic nitrogens is 2. The van der Waals surface area contributed by atoms with Gasteiger partial charge in [-0.1, -0.05) is 17.8 Å². The maximum Gasteiger partial charge on any atom is 0.263 e. The van der Waals surface area contributed by atoms with Crippen LogP contribution in [-0.2, 0) is 14.8 Å². The molecule has 2 heterocycles. The van der Waals surface area contributed by atoms with Gasteiger partial charge in [0.25, 0.3) is 10.0 Å². The number of nitrogens with zero attached hydrogens (tertiary/aromatic N) is 3. The summed E-state index contributed by atoms with van der Waals surface area (Å²) in [5, 5.41) is 12.7. The number of anilines is 2. The Hall–Kier alpha value is -3.42. The fourth-order valence-corrected chi connectivity index (χ4v) is 4.71. The molecule has 0 bridgehead atoms. The smallest absolute Gasteiger partial charge is 0.263 e. The number of hydrogen-bond acceptors (Lipinski definition) is 7. The molecule has 3 aromatic rings. The number of aryl methyl sites for hydroxylation is 1. The summed E-state index contributed by atoms with van der Waals surface area (Å²) in [5.74, 6) is -0.0159. The number of benzene rings is 1. The Balaban J connectivity index is 1.64. The molecule has 3 rings (SSSR count). The number of pyridine rings is 2. The van der Waals surface area contributed by atoms with E-state index in [0.717, 1.165) is 16.8 Å². The molecule has 0 unspecified atom stereocenters. The van der Waals surface area contributed by atoms with Crippen LogP contribution in [0.15, 0.2) is 58.6 Å². The molecule has 10 heteroatoms. The summed E-state index contributed by atoms with van der Waals surface area (Å²) >= 11 is 1.19. The van der Waals surface area contributed by atoms with Gasteiger partial charge in [-0.15, -0.1) is 0 Å². The molecule has 0 atom stereocenters. The molecule has 1 amide bonds. The predicted molar refractivity (Wildman–Crippen MR) is 124 cm³/mol. The summed E-state index contributed by atoms with van der Waals surface area (Å²) in [5.41, 5.74) is 3.57. The van der Waals surface area contributed by atoms with Crippen molar-refractivity contribution in [2.75, 3.05) is 15.8 Å². The van der Waals surface area contributed by atoms with E-state index in [1.807, 2.05) is 20.8 Å². The number of hydrogen-bond donors (Lipinski definition) is 2. The quantitative estimate of drug-likeness (QED) is 0.506. The van der Waals surface area contributed by atoms with Gasteiger partial charge >= 0.3 is 0 Å². The minimum Gasteiger partial charge on any atom is -0.325 e. The van der Waals surface area contributed by atoms with Gasteiger partial charge in [-0.3, -0.25) is 9.52 Å². The van der Waals surface area contributed by atoms with E-state index in [2.05, 4.69) is 26.1 Å². The summed E-state index contributed by atoms with van der Waals surface area (Å²) in [6.07, 6.45) is 1.49. The first kappa shape index (κ1) is 23.2. The van der Waals surface area contributed by atoms with E-state index in [0.29, 0.717) is 16.3 Å². The summed E-state index contributed by atoms with van der Waals surface area (Å²) in [6.45, 7) is 5.65. The van der Waals surface area contributed by atoms with Gasteiger partial charge in [0, 0.05) is 17.6 Å². The van der Waals surface area contributed by atoms with Crippen LogP contribution in [0.1, 0.15) is 22.4 Å². The number of nitriles is 1. The van der Waals surface area contributed by atoms with Crippen LogP contribution in [-0.4, -0.2) is 30.0 Å². The lowest BCUT2D eigenvalue weighted by molar-refractivity contribution is -0.113. The molecule has 0 radical (unpaired) electrons. The SMILES string of the molecule is Cc1nc(SCC(=O)Nc2ccc(S(=O)(=O)Nc3ccccn3)cc2)c(C#N)c(C)c1C. The van der Waals surface area contributed by atoms with Crippen molar-refractivity contribution in [3.05, 3.63) is 71.0 Å². The third-order valence-electron chi connectivity index (χ3n) is 4.77. The summed E-state index contributed by atoms with van der Waals surface area (Å²) < 4.78 is 27.3. The first-order valence-corrected chi connectivity index (χ1v) is 12.0. The second-order valence-corrected chi connectivity index (χ2v) is 9.57. The molecule has 32 heavy (non-hydrogen) atoms. The van der Waals surface area contributed by atoms with Gasteiger partial charge in [0.05, 0.1) is 16.2 Å². The van der Waals surface area contributed by atoms with Crippen molar-refractivity contribution in [3.8, 4) is 6.07 Å². The number of amides is 1. The predicted octanol–water partition coefficient (Wildman–Crippen LogP) is 3.81. The second-order valence-electron chi connectivity index (χ2n) is 6.92. The number of thioether (sulfide) groups is 1. The second kappa shape index (κ2) is 9.80. The summed E-state index contributed by atoms with van der Waals surface area (Å²) in [7, 11) is -3.79. The van der Waals surface area contributed by atoms with E-state index < -0.39 is 10.0 Å². The fourth-order valence-electron chi connectivity index (χ4n) is 2.82. The van der Waals surface area contributed by atoms with Crippen molar-refractivity contribution in [1.29, 1.82) is 5.26 Å². The van der Waals surface area contributed by atoms with E-state index in [1.165, 1.54) is 42.2 Å². The topological polar surface area (TPSA) is 125 Å². The number of sulfonamides is 1. The molecule has 1 aromatic carbocycles. The van der Waals surface area contributed by atoms with Gasteiger partial charge in [-0.2, -0.15) is 5.26 Å². The Labute approximate surface area is 191 Å². The van der Waals surface area contributed by atoms with Crippen molar-refractivity contribution in [3.63, 3.8) is 0 Å². The minimum atomic E-state index is -3.79. The number of nitrogens with one attached hydrogen (secondary N) is 2. The average molecular weight is 468 g/mol. The molecule has 0 saturated carbocycles. The highest BCUT2D eigenvalue weighted by molar-refractivity contribution is 8.00. The maximum absolute atomic E-state index is 12.5. The van der Waals surface area contributed by atoms with Crippen molar-refractivity contribution in [1.82, 2.24) is 9.97 Å². The van der Waals surface area contributed by atoms with Crippen LogP contribution in [0.3, 0.4) is 0 Å². The van der Waals surface area contributed by atoms with Crippen LogP contribution < -0.4 is 10.0 Å². The molecular formula is C22H21N5O3S2. The Morgan fingerprint density at radius 3 is 2.44 bits per heavy atom. The fraction of sp³-hybridized carbons (Fsp3) is 0.182. The van der Waals surface area contributed by atoms with Gasteiger partial charge in [0.2, 0.25) is 5.91 Å². The molecule has 8 nitrogen and oxygen atoms in total. The number of rotatable bonds is 7. The van der Waals surface area contributed by atoms with Crippen LogP contribution in [0.2, 0.25) is 0 Å². The molecule has 164 valence electrons. The van der Waals surface area contributed by atoms with Crippen LogP contribution in [0, 0.1) is 32.1 Å². The minimum absolute atomic E-state index is 0.0454. The highest BCUT2D eigenvalue weighted by Crippen LogP contribution is 2.26. The van der Waals surface area contributed by atoms with Crippen molar-refractivity contribution >= 4 is 39.2 Å². The molecule has 0 aliphatic carbocycles. The van der Waals surface area contributed by atoms with Gasteiger partial charge in [0.15, 0.2) is 0 Å². The lowest BCUT2D eigenvalue weighted by Gasteiger charge is -2.11. The standard InChI is InChI=1S/C22H21N5O3S2/c1-14-15(2)19(12-23)22(25-16(14)3)31-13-21(28)26-17-7-9-18(10-8-17)32(29,30)27-20-6-4-5-11-24-20/h4-11H,13H2,1-3H3,(H,24,27)(H,26,28). The normalized spacial score (nSPS) is 10.9. The van der Waals surface area contributed by atoms with Crippen LogP contribution in [0.5, 0.6) is 0 Å². The highest BCUT2D eigenvalue weighted by Gasteiger charge is 2.16. The number of carbonyl (C=O) groups excluding carboxylic acids is 1. The van der Waals surface area contributed by atoms with E-state index in [-0.39, 0.29) is 22.4 Å². The van der Waals surface area contributed by atoms with Gasteiger partial charge in [0.1, 0.15) is 16.9 Å². The Bertz CT molecular complexity index is 1290. The molecule has 2 aromatic heterocycles. The Kier molecular flexibility index (Phi) is 7.12. The third kappa shape index (κ3) is 5.43.